The van der Waals surface area contributed by atoms with E-state index >= 15 is 0 Å². The summed E-state index contributed by atoms with van der Waals surface area (Å²) in [6.07, 6.45) is 4.42. The summed E-state index contributed by atoms with van der Waals surface area (Å²) >= 11 is 3.65. The van der Waals surface area contributed by atoms with Gasteiger partial charge in [0, 0.05) is 30.0 Å². The van der Waals surface area contributed by atoms with E-state index in [2.05, 4.69) is 51.7 Å². The van der Waals surface area contributed by atoms with Gasteiger partial charge in [0.15, 0.2) is 0 Å². The number of carbonyl (C=O) groups excluding carboxylic acids is 1. The molecule has 0 radical (unpaired) electrons. The Morgan fingerprint density at radius 2 is 1.90 bits per heavy atom. The molecule has 3 nitrogen and oxygen atoms in total. The molecule has 1 aliphatic carbocycles. The molecule has 1 aromatic carbocycles. The number of halogens is 1. The lowest BCUT2D eigenvalue weighted by atomic mass is 9.91. The van der Waals surface area contributed by atoms with Crippen LogP contribution in [0.5, 0.6) is 0 Å². The fourth-order valence-electron chi connectivity index (χ4n) is 2.83. The fourth-order valence-corrected chi connectivity index (χ4v) is 3.23. The van der Waals surface area contributed by atoms with Crippen molar-refractivity contribution in [2.45, 2.75) is 58.2 Å². The third-order valence-electron chi connectivity index (χ3n) is 3.99. The number of hydrogen-bond donors (Lipinski definition) is 2. The zero-order valence-electron chi connectivity index (χ0n) is 12.2. The van der Waals surface area contributed by atoms with Gasteiger partial charge in [-0.15, -0.1) is 0 Å². The Kier molecular flexibility index (Phi) is 5.61. The van der Waals surface area contributed by atoms with Crippen LogP contribution in [0.2, 0.25) is 0 Å². The van der Waals surface area contributed by atoms with Crippen molar-refractivity contribution < 1.29 is 4.79 Å². The van der Waals surface area contributed by atoms with Crippen molar-refractivity contribution in [1.29, 1.82) is 0 Å². The number of amides is 1. The minimum absolute atomic E-state index is 0.0881. The molecule has 1 saturated carbocycles. The fraction of sp³-hybridized carbons (Fsp3) is 0.562. The van der Waals surface area contributed by atoms with Gasteiger partial charge in [0.1, 0.15) is 0 Å². The molecule has 0 heterocycles. The third-order valence-corrected chi connectivity index (χ3v) is 5.12. The van der Waals surface area contributed by atoms with E-state index < -0.39 is 0 Å². The van der Waals surface area contributed by atoms with Crippen LogP contribution in [-0.4, -0.2) is 18.0 Å². The van der Waals surface area contributed by atoms with Crippen molar-refractivity contribution in [2.24, 2.45) is 0 Å². The van der Waals surface area contributed by atoms with Crippen molar-refractivity contribution in [3.63, 3.8) is 0 Å². The average Bonchev–Trinajstić information content (AvgIpc) is 2.41. The second-order valence-corrected chi connectivity index (χ2v) is 6.47. The van der Waals surface area contributed by atoms with Gasteiger partial charge in [0.2, 0.25) is 5.91 Å². The first kappa shape index (κ1) is 15.5. The summed E-state index contributed by atoms with van der Waals surface area (Å²) in [4.78, 5) is 11.0. The standard InChI is InChI=1S/C16H23BrN2O/c1-11-4-3-5-13(16(11)17)10-18-14-6-8-15(9-7-14)19-12(2)20/h3-5,14-15,18H,6-10H2,1-2H3,(H,19,20). The minimum atomic E-state index is 0.0881. The molecule has 4 heteroatoms. The van der Waals surface area contributed by atoms with Crippen LogP contribution >= 0.6 is 15.9 Å². The number of hydrogen-bond acceptors (Lipinski definition) is 2. The van der Waals surface area contributed by atoms with Crippen molar-refractivity contribution in [2.75, 3.05) is 0 Å². The molecule has 20 heavy (non-hydrogen) atoms. The maximum atomic E-state index is 11.0. The minimum Gasteiger partial charge on any atom is -0.354 e. The molecule has 0 spiro atoms. The van der Waals surface area contributed by atoms with Crippen molar-refractivity contribution in [3.05, 3.63) is 33.8 Å². The molecule has 0 aromatic heterocycles. The van der Waals surface area contributed by atoms with Crippen molar-refractivity contribution in [1.82, 2.24) is 10.6 Å². The van der Waals surface area contributed by atoms with Crippen LogP contribution < -0.4 is 10.6 Å². The molecular weight excluding hydrogens is 316 g/mol. The van der Waals surface area contributed by atoms with Crippen molar-refractivity contribution in [3.8, 4) is 0 Å². The summed E-state index contributed by atoms with van der Waals surface area (Å²) < 4.78 is 1.21. The molecule has 0 bridgehead atoms. The molecule has 1 aromatic rings. The average molecular weight is 339 g/mol. The van der Waals surface area contributed by atoms with Gasteiger partial charge in [-0.05, 0) is 43.7 Å². The second-order valence-electron chi connectivity index (χ2n) is 5.68. The summed E-state index contributed by atoms with van der Waals surface area (Å²) in [5.41, 5.74) is 2.59. The number of benzene rings is 1. The summed E-state index contributed by atoms with van der Waals surface area (Å²) in [6, 6.07) is 7.31. The predicted octanol–water partition coefficient (Wildman–Crippen LogP) is 3.29. The third kappa shape index (κ3) is 4.32. The molecule has 2 rings (SSSR count). The van der Waals surface area contributed by atoms with Crippen LogP contribution in [0.1, 0.15) is 43.7 Å². The molecule has 0 aliphatic heterocycles. The van der Waals surface area contributed by atoms with E-state index in [0.29, 0.717) is 12.1 Å². The topological polar surface area (TPSA) is 41.1 Å². The Hall–Kier alpha value is -0.870. The van der Waals surface area contributed by atoms with Gasteiger partial charge in [-0.25, -0.2) is 0 Å². The lowest BCUT2D eigenvalue weighted by Gasteiger charge is -2.29. The first-order valence-electron chi connectivity index (χ1n) is 7.30. The molecule has 0 saturated heterocycles. The Morgan fingerprint density at radius 1 is 1.25 bits per heavy atom. The van der Waals surface area contributed by atoms with Gasteiger partial charge in [-0.1, -0.05) is 34.1 Å². The van der Waals surface area contributed by atoms with Crippen LogP contribution in [0.4, 0.5) is 0 Å². The zero-order valence-corrected chi connectivity index (χ0v) is 13.8. The van der Waals surface area contributed by atoms with Gasteiger partial charge in [-0.3, -0.25) is 4.79 Å². The van der Waals surface area contributed by atoms with Gasteiger partial charge in [0.05, 0.1) is 0 Å². The molecule has 1 fully saturated rings. The highest BCUT2D eigenvalue weighted by atomic mass is 79.9. The maximum Gasteiger partial charge on any atom is 0.217 e. The van der Waals surface area contributed by atoms with Crippen molar-refractivity contribution >= 4 is 21.8 Å². The van der Waals surface area contributed by atoms with E-state index in [-0.39, 0.29) is 5.91 Å². The Balaban J connectivity index is 1.79. The number of aryl methyl sites for hydroxylation is 1. The first-order chi connectivity index (χ1) is 9.56. The van der Waals surface area contributed by atoms with E-state index in [1.54, 1.807) is 6.92 Å². The van der Waals surface area contributed by atoms with E-state index in [9.17, 15) is 4.79 Å². The molecule has 0 unspecified atom stereocenters. The predicted molar refractivity (Wildman–Crippen MR) is 85.6 cm³/mol. The van der Waals surface area contributed by atoms with Gasteiger partial charge in [0.25, 0.3) is 0 Å². The van der Waals surface area contributed by atoms with Gasteiger partial charge >= 0.3 is 0 Å². The van der Waals surface area contributed by atoms with Gasteiger partial charge in [-0.2, -0.15) is 0 Å². The van der Waals surface area contributed by atoms with E-state index in [0.717, 1.165) is 32.2 Å². The molecule has 0 atom stereocenters. The molecular formula is C16H23BrN2O. The Bertz CT molecular complexity index is 468. The SMILES string of the molecule is CC(=O)NC1CCC(NCc2cccc(C)c2Br)CC1. The summed E-state index contributed by atoms with van der Waals surface area (Å²) in [5.74, 6) is 0.0881. The normalized spacial score (nSPS) is 22.6. The molecule has 1 aliphatic rings. The number of rotatable bonds is 4. The highest BCUT2D eigenvalue weighted by molar-refractivity contribution is 9.10. The molecule has 2 N–H and O–H groups in total. The summed E-state index contributed by atoms with van der Waals surface area (Å²) in [5, 5.41) is 6.66. The number of carbonyl (C=O) groups is 1. The van der Waals surface area contributed by atoms with Crippen LogP contribution in [0.3, 0.4) is 0 Å². The molecule has 110 valence electrons. The summed E-state index contributed by atoms with van der Waals surface area (Å²) in [6.45, 7) is 4.61. The van der Waals surface area contributed by atoms with Crippen LogP contribution in [-0.2, 0) is 11.3 Å². The van der Waals surface area contributed by atoms with E-state index in [1.807, 2.05) is 0 Å². The highest BCUT2D eigenvalue weighted by Gasteiger charge is 2.21. The van der Waals surface area contributed by atoms with Crippen LogP contribution in [0.15, 0.2) is 22.7 Å². The summed E-state index contributed by atoms with van der Waals surface area (Å²) in [7, 11) is 0. The maximum absolute atomic E-state index is 11.0. The van der Waals surface area contributed by atoms with Gasteiger partial charge < -0.3 is 10.6 Å². The van der Waals surface area contributed by atoms with Crippen LogP contribution in [0.25, 0.3) is 0 Å². The zero-order chi connectivity index (χ0) is 14.5. The Morgan fingerprint density at radius 3 is 2.55 bits per heavy atom. The quantitative estimate of drug-likeness (QED) is 0.884. The smallest absolute Gasteiger partial charge is 0.217 e. The highest BCUT2D eigenvalue weighted by Crippen LogP contribution is 2.23. The molecule has 1 amide bonds. The van der Waals surface area contributed by atoms with Crippen LogP contribution in [0, 0.1) is 6.92 Å². The lowest BCUT2D eigenvalue weighted by molar-refractivity contribution is -0.119. The Labute approximate surface area is 129 Å². The number of nitrogens with one attached hydrogen (secondary N) is 2. The first-order valence-corrected chi connectivity index (χ1v) is 8.10. The van der Waals surface area contributed by atoms with E-state index in [1.165, 1.54) is 15.6 Å². The monoisotopic (exact) mass is 338 g/mol. The largest absolute Gasteiger partial charge is 0.354 e. The second kappa shape index (κ2) is 7.23. The van der Waals surface area contributed by atoms with E-state index in [4.69, 9.17) is 0 Å². The lowest BCUT2D eigenvalue weighted by Crippen LogP contribution is -2.41.